The van der Waals surface area contributed by atoms with E-state index in [9.17, 15) is 19.4 Å². The van der Waals surface area contributed by atoms with E-state index < -0.39 is 20.0 Å². The molecule has 8 nitrogen and oxygen atoms in total. The van der Waals surface area contributed by atoms with E-state index in [0.29, 0.717) is 23.9 Å². The number of rotatable bonds is 53. The maximum absolute atomic E-state index is 12.9. The van der Waals surface area contributed by atoms with Gasteiger partial charge < -0.3 is 28.8 Å². The van der Waals surface area contributed by atoms with Gasteiger partial charge in [0.2, 0.25) is 5.91 Å². The summed E-state index contributed by atoms with van der Waals surface area (Å²) in [6, 6.07) is -0.801. The van der Waals surface area contributed by atoms with Crippen LogP contribution in [0.25, 0.3) is 0 Å². The van der Waals surface area contributed by atoms with Gasteiger partial charge in [0.05, 0.1) is 39.9 Å². The Hall–Kier alpha value is -0.760. The Labute approximate surface area is 405 Å². The maximum atomic E-state index is 12.9. The highest BCUT2D eigenvalue weighted by Gasteiger charge is 2.24. The molecule has 0 aliphatic heterocycles. The van der Waals surface area contributed by atoms with Crippen LogP contribution in [0.15, 0.2) is 12.2 Å². The minimum Gasteiger partial charge on any atom is -0.756 e. The number of carbonyl (C=O) groups excluding carboxylic acids is 1. The van der Waals surface area contributed by atoms with Crippen molar-refractivity contribution in [3.05, 3.63) is 12.2 Å². The molecule has 0 rings (SSSR count). The van der Waals surface area contributed by atoms with Crippen molar-refractivity contribution in [2.24, 2.45) is 0 Å². The van der Waals surface area contributed by atoms with Gasteiger partial charge in [-0.05, 0) is 32.1 Å². The van der Waals surface area contributed by atoms with Crippen LogP contribution in [0, 0.1) is 0 Å². The fourth-order valence-corrected chi connectivity index (χ4v) is 9.47. The number of quaternary nitrogens is 1. The van der Waals surface area contributed by atoms with Crippen molar-refractivity contribution in [2.75, 3.05) is 40.9 Å². The molecule has 0 bridgehead atoms. The van der Waals surface area contributed by atoms with Gasteiger partial charge in [-0.1, -0.05) is 264 Å². The Morgan fingerprint density at radius 3 is 1.26 bits per heavy atom. The number of phosphoric acid groups is 1. The highest BCUT2D eigenvalue weighted by atomic mass is 31.2. The number of phosphoric ester groups is 1. The maximum Gasteiger partial charge on any atom is 0.268 e. The lowest BCUT2D eigenvalue weighted by Crippen LogP contribution is -2.46. The standard InChI is InChI=1S/C56H113N2O6P/c1-6-8-10-12-14-16-18-19-20-21-22-23-24-25-26-27-28-29-30-31-32-33-34-35-36-37-38-39-40-41-43-45-47-49-55(59)54(53-64-65(61,62)63-52-51-58(3,4)5)57-56(60)50-48-46-44-42-17-15-13-11-9-7-2/h11,13,54-55,59H,6-10,12,14-53H2,1-5H3,(H-,57,60,61,62)/b13-11-. The number of amides is 1. The molecule has 0 aliphatic carbocycles. The van der Waals surface area contributed by atoms with Gasteiger partial charge in [0.15, 0.2) is 0 Å². The van der Waals surface area contributed by atoms with Crippen molar-refractivity contribution in [2.45, 2.75) is 302 Å². The molecule has 0 aromatic rings. The van der Waals surface area contributed by atoms with Gasteiger partial charge in [0.1, 0.15) is 13.2 Å². The van der Waals surface area contributed by atoms with Crippen LogP contribution < -0.4 is 10.2 Å². The van der Waals surface area contributed by atoms with Gasteiger partial charge >= 0.3 is 0 Å². The SMILES string of the molecule is CCC/C=C\CCCCCCCC(=O)NC(COP(=O)([O-])OCC[N+](C)(C)C)C(O)CCCCCCCCCCCCCCCCCCCCCCCCCCCCCCCCCCC. The third-order valence-corrected chi connectivity index (χ3v) is 14.2. The summed E-state index contributed by atoms with van der Waals surface area (Å²) < 4.78 is 23.3. The number of hydrogen-bond acceptors (Lipinski definition) is 6. The third kappa shape index (κ3) is 50.9. The first kappa shape index (κ1) is 64.2. The predicted molar refractivity (Wildman–Crippen MR) is 279 cm³/mol. The van der Waals surface area contributed by atoms with E-state index in [1.54, 1.807) is 0 Å². The fraction of sp³-hybridized carbons (Fsp3) is 0.946. The summed E-state index contributed by atoms with van der Waals surface area (Å²) in [5.41, 5.74) is 0. The minimum absolute atomic E-state index is 0.0125. The number of nitrogens with zero attached hydrogens (tertiary/aromatic N) is 1. The van der Waals surface area contributed by atoms with E-state index in [4.69, 9.17) is 9.05 Å². The number of aliphatic hydroxyl groups excluding tert-OH is 1. The summed E-state index contributed by atoms with van der Waals surface area (Å²) in [6.45, 7) is 4.68. The van der Waals surface area contributed by atoms with Crippen molar-refractivity contribution in [1.29, 1.82) is 0 Å². The van der Waals surface area contributed by atoms with E-state index in [0.717, 1.165) is 57.8 Å². The second-order valence-corrected chi connectivity index (χ2v) is 22.4. The molecule has 0 saturated heterocycles. The largest absolute Gasteiger partial charge is 0.756 e. The van der Waals surface area contributed by atoms with Gasteiger partial charge in [0, 0.05) is 6.42 Å². The smallest absolute Gasteiger partial charge is 0.268 e. The normalized spacial score (nSPS) is 14.0. The average molecular weight is 942 g/mol. The van der Waals surface area contributed by atoms with Crippen LogP contribution in [-0.2, 0) is 18.4 Å². The van der Waals surface area contributed by atoms with E-state index in [-0.39, 0.29) is 19.1 Å². The predicted octanol–water partition coefficient (Wildman–Crippen LogP) is 16.4. The zero-order chi connectivity index (χ0) is 47.8. The van der Waals surface area contributed by atoms with Gasteiger partial charge in [0.25, 0.3) is 7.82 Å². The van der Waals surface area contributed by atoms with E-state index in [1.165, 1.54) is 205 Å². The Morgan fingerprint density at radius 2 is 0.877 bits per heavy atom. The van der Waals surface area contributed by atoms with Crippen LogP contribution in [0.1, 0.15) is 290 Å². The highest BCUT2D eigenvalue weighted by molar-refractivity contribution is 7.45. The molecule has 0 aromatic heterocycles. The summed E-state index contributed by atoms with van der Waals surface area (Å²) in [4.78, 5) is 25.3. The zero-order valence-corrected chi connectivity index (χ0v) is 45.1. The van der Waals surface area contributed by atoms with Crippen LogP contribution in [0.5, 0.6) is 0 Å². The van der Waals surface area contributed by atoms with Crippen LogP contribution in [-0.4, -0.2) is 68.5 Å². The van der Waals surface area contributed by atoms with E-state index in [2.05, 4.69) is 31.3 Å². The van der Waals surface area contributed by atoms with Gasteiger partial charge in [-0.2, -0.15) is 0 Å². The average Bonchev–Trinajstić information content (AvgIpc) is 3.26. The number of likely N-dealkylation sites (N-methyl/N-ethyl adjacent to an activating group) is 1. The molecule has 9 heteroatoms. The number of unbranched alkanes of at least 4 members (excludes halogenated alkanes) is 38. The van der Waals surface area contributed by atoms with E-state index >= 15 is 0 Å². The Kier molecular flexibility index (Phi) is 47.7. The minimum atomic E-state index is -4.56. The Balaban J connectivity index is 3.90. The molecule has 3 unspecified atom stereocenters. The second kappa shape index (κ2) is 48.3. The van der Waals surface area contributed by atoms with Gasteiger partial charge in [-0.25, -0.2) is 0 Å². The van der Waals surface area contributed by atoms with Crippen molar-refractivity contribution in [1.82, 2.24) is 5.32 Å². The van der Waals surface area contributed by atoms with E-state index in [1.807, 2.05) is 21.1 Å². The molecule has 3 atom stereocenters. The van der Waals surface area contributed by atoms with Crippen LogP contribution >= 0.6 is 7.82 Å². The van der Waals surface area contributed by atoms with Crippen LogP contribution in [0.2, 0.25) is 0 Å². The molecule has 1 amide bonds. The topological polar surface area (TPSA) is 108 Å². The first-order chi connectivity index (χ1) is 31.5. The number of hydrogen-bond donors (Lipinski definition) is 2. The second-order valence-electron chi connectivity index (χ2n) is 21.0. The molecular formula is C56H113N2O6P. The number of carbonyl (C=O) groups is 1. The number of nitrogens with one attached hydrogen (secondary N) is 1. The summed E-state index contributed by atoms with van der Waals surface area (Å²) in [6.07, 6.45) is 58.5. The first-order valence-corrected chi connectivity index (χ1v) is 30.0. The summed E-state index contributed by atoms with van der Waals surface area (Å²) >= 11 is 0. The van der Waals surface area contributed by atoms with Gasteiger partial charge in [-0.15, -0.1) is 0 Å². The summed E-state index contributed by atoms with van der Waals surface area (Å²) in [5, 5.41) is 13.9. The molecule has 0 saturated carbocycles. The highest BCUT2D eigenvalue weighted by Crippen LogP contribution is 2.38. The van der Waals surface area contributed by atoms with Gasteiger partial charge in [-0.3, -0.25) is 9.36 Å². The molecule has 0 aromatic carbocycles. The fourth-order valence-electron chi connectivity index (χ4n) is 8.75. The van der Waals surface area contributed by atoms with Crippen LogP contribution in [0.3, 0.4) is 0 Å². The molecule has 2 N–H and O–H groups in total. The number of allylic oxidation sites excluding steroid dienone is 2. The number of aliphatic hydroxyl groups is 1. The Bertz CT molecular complexity index is 1070. The lowest BCUT2D eigenvalue weighted by atomic mass is 10.0. The summed E-state index contributed by atoms with van der Waals surface area (Å²) in [7, 11) is 1.31. The van der Waals surface area contributed by atoms with Crippen molar-refractivity contribution < 1.29 is 32.9 Å². The molecule has 0 heterocycles. The van der Waals surface area contributed by atoms with Crippen molar-refractivity contribution in [3.63, 3.8) is 0 Å². The monoisotopic (exact) mass is 941 g/mol. The quantitative estimate of drug-likeness (QED) is 0.0272. The molecule has 0 spiro atoms. The lowest BCUT2D eigenvalue weighted by molar-refractivity contribution is -0.870. The summed E-state index contributed by atoms with van der Waals surface area (Å²) in [5.74, 6) is -0.173. The zero-order valence-electron chi connectivity index (χ0n) is 44.2. The molecule has 0 radical (unpaired) electrons. The lowest BCUT2D eigenvalue weighted by Gasteiger charge is -2.30. The van der Waals surface area contributed by atoms with Crippen molar-refractivity contribution >= 4 is 13.7 Å². The van der Waals surface area contributed by atoms with Crippen LogP contribution in [0.4, 0.5) is 0 Å². The molecule has 388 valence electrons. The molecule has 0 fully saturated rings. The third-order valence-electron chi connectivity index (χ3n) is 13.2. The first-order valence-electron chi connectivity index (χ1n) is 28.5. The molecule has 65 heavy (non-hydrogen) atoms. The molecular weight excluding hydrogens is 828 g/mol. The Morgan fingerprint density at radius 1 is 0.523 bits per heavy atom. The van der Waals surface area contributed by atoms with Crippen molar-refractivity contribution in [3.8, 4) is 0 Å². The molecule has 0 aliphatic rings.